The number of fused-ring (bicyclic) bond motifs is 1. The second kappa shape index (κ2) is 9.61. The van der Waals surface area contributed by atoms with Crippen LogP contribution in [0.25, 0.3) is 10.9 Å². The lowest BCUT2D eigenvalue weighted by Gasteiger charge is -2.19. The van der Waals surface area contributed by atoms with E-state index in [0.717, 1.165) is 18.4 Å². The summed E-state index contributed by atoms with van der Waals surface area (Å²) in [5, 5.41) is 4.29. The van der Waals surface area contributed by atoms with E-state index in [1.54, 1.807) is 12.1 Å². The molecule has 1 N–H and O–H groups in total. The van der Waals surface area contributed by atoms with Gasteiger partial charge in [0.1, 0.15) is 0 Å². The highest BCUT2D eigenvalue weighted by molar-refractivity contribution is 6.30. The van der Waals surface area contributed by atoms with Crippen LogP contribution in [0.2, 0.25) is 5.02 Å². The third-order valence-corrected chi connectivity index (χ3v) is 6.02. The third-order valence-electron chi connectivity index (χ3n) is 5.77. The second-order valence-corrected chi connectivity index (χ2v) is 8.44. The van der Waals surface area contributed by atoms with Crippen LogP contribution >= 0.6 is 11.6 Å². The normalized spacial score (nSPS) is 14.2. The van der Waals surface area contributed by atoms with Crippen LogP contribution in [0, 0.1) is 5.92 Å². The van der Waals surface area contributed by atoms with Crippen LogP contribution in [0.3, 0.4) is 0 Å². The maximum absolute atomic E-state index is 12.9. The Hall–Kier alpha value is -3.06. The smallest absolute Gasteiger partial charge is 0.261 e. The lowest BCUT2D eigenvalue weighted by Crippen LogP contribution is -2.30. The molecular formula is C24H26ClN3O4. The highest BCUT2D eigenvalue weighted by Gasteiger charge is 2.33. The lowest BCUT2D eigenvalue weighted by atomic mass is 10.0. The first-order chi connectivity index (χ1) is 15.5. The Morgan fingerprint density at radius 3 is 2.53 bits per heavy atom. The average Bonchev–Trinajstić information content (AvgIpc) is 3.64. The molecule has 0 bridgehead atoms. The summed E-state index contributed by atoms with van der Waals surface area (Å²) in [6, 6.07) is 11.0. The molecule has 1 unspecified atom stereocenters. The first-order valence-electron chi connectivity index (χ1n) is 10.7. The molecule has 0 radical (unpaired) electrons. The standard InChI is InChI=1S/C24H26ClN3O4/c1-31-20-12-18-19(13-21(20)32-2)26-14-28(24(18)30)11-3-4-22(29)27-23(15-5-6-15)16-7-9-17(25)10-8-16/h7-10,12-15,23H,3-6,11H2,1-2H3,(H,27,29). The van der Waals surface area contributed by atoms with Gasteiger partial charge in [0.2, 0.25) is 5.91 Å². The zero-order chi connectivity index (χ0) is 22.7. The molecule has 0 saturated heterocycles. The molecule has 32 heavy (non-hydrogen) atoms. The Balaban J connectivity index is 1.40. The molecule has 1 atom stereocenters. The summed E-state index contributed by atoms with van der Waals surface area (Å²) >= 11 is 5.99. The Morgan fingerprint density at radius 1 is 1.19 bits per heavy atom. The number of rotatable bonds is 9. The number of methoxy groups -OCH3 is 2. The van der Waals surface area contributed by atoms with E-state index in [0.29, 0.717) is 52.7 Å². The average molecular weight is 456 g/mol. The van der Waals surface area contributed by atoms with Crippen molar-refractivity contribution in [2.75, 3.05) is 14.2 Å². The Labute approximate surface area is 191 Å². The molecule has 168 valence electrons. The molecule has 1 aliphatic carbocycles. The Morgan fingerprint density at radius 2 is 1.88 bits per heavy atom. The Kier molecular flexibility index (Phi) is 6.65. The van der Waals surface area contributed by atoms with Crippen LogP contribution in [0.1, 0.15) is 37.3 Å². The number of ether oxygens (including phenoxy) is 2. The van der Waals surface area contributed by atoms with Gasteiger partial charge in [-0.05, 0) is 48.9 Å². The van der Waals surface area contributed by atoms with Crippen LogP contribution < -0.4 is 20.3 Å². The van der Waals surface area contributed by atoms with Gasteiger partial charge in [-0.15, -0.1) is 0 Å². The van der Waals surface area contributed by atoms with Gasteiger partial charge in [-0.3, -0.25) is 14.2 Å². The van der Waals surface area contributed by atoms with E-state index in [1.165, 1.54) is 25.1 Å². The molecule has 1 saturated carbocycles. The number of benzene rings is 2. The van der Waals surface area contributed by atoms with Crippen LogP contribution in [0.5, 0.6) is 11.5 Å². The molecule has 0 aliphatic heterocycles. The van der Waals surface area contributed by atoms with E-state index in [4.69, 9.17) is 21.1 Å². The van der Waals surface area contributed by atoms with Crippen molar-refractivity contribution in [1.82, 2.24) is 14.9 Å². The SMILES string of the molecule is COc1cc2ncn(CCCC(=O)NC(c3ccc(Cl)cc3)C3CC3)c(=O)c2cc1OC. The fourth-order valence-corrected chi connectivity index (χ4v) is 4.00. The van der Waals surface area contributed by atoms with E-state index in [-0.39, 0.29) is 17.5 Å². The number of hydrogen-bond donors (Lipinski definition) is 1. The summed E-state index contributed by atoms with van der Waals surface area (Å²) < 4.78 is 12.1. The molecule has 1 heterocycles. The maximum Gasteiger partial charge on any atom is 0.261 e. The number of aryl methyl sites for hydroxylation is 1. The van der Waals surface area contributed by atoms with Gasteiger partial charge < -0.3 is 14.8 Å². The molecule has 8 heteroatoms. The molecule has 7 nitrogen and oxygen atoms in total. The molecule has 3 aromatic rings. The largest absolute Gasteiger partial charge is 0.493 e. The second-order valence-electron chi connectivity index (χ2n) is 8.01. The monoisotopic (exact) mass is 455 g/mol. The maximum atomic E-state index is 12.9. The minimum absolute atomic E-state index is 0.00673. The summed E-state index contributed by atoms with van der Waals surface area (Å²) in [6.45, 7) is 0.401. The van der Waals surface area contributed by atoms with Crippen molar-refractivity contribution >= 4 is 28.4 Å². The van der Waals surface area contributed by atoms with Crippen LogP contribution in [-0.2, 0) is 11.3 Å². The molecule has 2 aromatic carbocycles. The zero-order valence-electron chi connectivity index (χ0n) is 18.1. The molecule has 1 amide bonds. The number of hydrogen-bond acceptors (Lipinski definition) is 5. The summed E-state index contributed by atoms with van der Waals surface area (Å²) in [7, 11) is 3.06. The van der Waals surface area contributed by atoms with Gasteiger partial charge in [0.05, 0.1) is 37.5 Å². The van der Waals surface area contributed by atoms with E-state index in [9.17, 15) is 9.59 Å². The molecular weight excluding hydrogens is 430 g/mol. The van der Waals surface area contributed by atoms with Gasteiger partial charge in [-0.1, -0.05) is 23.7 Å². The van der Waals surface area contributed by atoms with Crippen LogP contribution in [0.4, 0.5) is 0 Å². The third kappa shape index (κ3) is 4.88. The first kappa shape index (κ1) is 22.1. The van der Waals surface area contributed by atoms with Crippen molar-refractivity contribution in [1.29, 1.82) is 0 Å². The van der Waals surface area contributed by atoms with Gasteiger partial charge in [0.15, 0.2) is 11.5 Å². The molecule has 1 aliphatic rings. The molecule has 1 fully saturated rings. The minimum Gasteiger partial charge on any atom is -0.493 e. The van der Waals surface area contributed by atoms with Gasteiger partial charge in [0.25, 0.3) is 5.56 Å². The van der Waals surface area contributed by atoms with Crippen molar-refractivity contribution in [2.45, 2.75) is 38.3 Å². The predicted octanol–water partition coefficient (Wildman–Crippen LogP) is 4.11. The van der Waals surface area contributed by atoms with Gasteiger partial charge in [-0.2, -0.15) is 0 Å². The molecule has 4 rings (SSSR count). The highest BCUT2D eigenvalue weighted by Crippen LogP contribution is 2.41. The molecule has 1 aromatic heterocycles. The van der Waals surface area contributed by atoms with E-state index in [1.807, 2.05) is 24.3 Å². The van der Waals surface area contributed by atoms with Crippen molar-refractivity contribution in [3.8, 4) is 11.5 Å². The zero-order valence-corrected chi connectivity index (χ0v) is 18.9. The number of halogens is 1. The van der Waals surface area contributed by atoms with Crippen molar-refractivity contribution in [3.05, 3.63) is 63.7 Å². The molecule has 0 spiro atoms. The number of carbonyl (C=O) groups excluding carboxylic acids is 1. The van der Waals surface area contributed by atoms with Crippen LogP contribution in [-0.4, -0.2) is 29.7 Å². The van der Waals surface area contributed by atoms with Gasteiger partial charge >= 0.3 is 0 Å². The Bertz CT molecular complexity index is 1170. The van der Waals surface area contributed by atoms with Crippen molar-refractivity contribution in [2.24, 2.45) is 5.92 Å². The van der Waals surface area contributed by atoms with E-state index >= 15 is 0 Å². The topological polar surface area (TPSA) is 82.5 Å². The highest BCUT2D eigenvalue weighted by atomic mass is 35.5. The van der Waals surface area contributed by atoms with E-state index in [2.05, 4.69) is 10.3 Å². The number of carbonyl (C=O) groups is 1. The lowest BCUT2D eigenvalue weighted by molar-refractivity contribution is -0.122. The minimum atomic E-state index is -0.173. The van der Waals surface area contributed by atoms with Gasteiger partial charge in [-0.25, -0.2) is 4.98 Å². The van der Waals surface area contributed by atoms with Crippen LogP contribution in [0.15, 0.2) is 47.5 Å². The quantitative estimate of drug-likeness (QED) is 0.525. The van der Waals surface area contributed by atoms with Gasteiger partial charge in [0, 0.05) is 24.1 Å². The summed E-state index contributed by atoms with van der Waals surface area (Å²) in [6.07, 6.45) is 4.59. The number of aromatic nitrogens is 2. The summed E-state index contributed by atoms with van der Waals surface area (Å²) in [5.74, 6) is 1.45. The van der Waals surface area contributed by atoms with Crippen molar-refractivity contribution in [3.63, 3.8) is 0 Å². The number of nitrogens with one attached hydrogen (secondary N) is 1. The number of nitrogens with zero attached hydrogens (tertiary/aromatic N) is 2. The first-order valence-corrected chi connectivity index (χ1v) is 11.0. The fraction of sp³-hybridized carbons (Fsp3) is 0.375. The number of amides is 1. The van der Waals surface area contributed by atoms with E-state index < -0.39 is 0 Å². The van der Waals surface area contributed by atoms with Crippen molar-refractivity contribution < 1.29 is 14.3 Å². The predicted molar refractivity (Wildman–Crippen MR) is 123 cm³/mol. The fourth-order valence-electron chi connectivity index (χ4n) is 3.87. The summed E-state index contributed by atoms with van der Waals surface area (Å²) in [4.78, 5) is 29.8. The summed E-state index contributed by atoms with van der Waals surface area (Å²) in [5.41, 5.74) is 1.44.